The smallest absolute Gasteiger partial charge is 0.0895 e. The fraction of sp³-hybridized carbons (Fsp3) is 0.417. The molecule has 2 heterocycles. The van der Waals surface area contributed by atoms with Crippen LogP contribution in [-0.2, 0) is 6.54 Å². The maximum atomic E-state index is 5.67. The van der Waals surface area contributed by atoms with Gasteiger partial charge in [-0.1, -0.05) is 12.1 Å². The molecule has 0 amide bonds. The quantitative estimate of drug-likeness (QED) is 0.606. The van der Waals surface area contributed by atoms with E-state index in [2.05, 4.69) is 27.6 Å². The van der Waals surface area contributed by atoms with Gasteiger partial charge in [-0.15, -0.1) is 5.10 Å². The third-order valence-corrected chi connectivity index (χ3v) is 2.80. The summed E-state index contributed by atoms with van der Waals surface area (Å²) >= 11 is 0. The summed E-state index contributed by atoms with van der Waals surface area (Å²) in [5, 5.41) is 8.04. The summed E-state index contributed by atoms with van der Waals surface area (Å²) in [5.74, 6) is 5.67. The highest BCUT2D eigenvalue weighted by Crippen LogP contribution is 2.20. The molecule has 0 saturated carbocycles. The van der Waals surface area contributed by atoms with Gasteiger partial charge >= 0.3 is 0 Å². The fourth-order valence-electron chi connectivity index (χ4n) is 1.97. The van der Waals surface area contributed by atoms with Crippen LogP contribution in [0.5, 0.6) is 0 Å². The summed E-state index contributed by atoms with van der Waals surface area (Å²) in [4.78, 5) is 4.19. The lowest BCUT2D eigenvalue weighted by atomic mass is 10.1. The number of aryl methyl sites for hydroxylation is 2. The predicted molar refractivity (Wildman–Crippen MR) is 68.5 cm³/mol. The van der Waals surface area contributed by atoms with E-state index in [1.807, 2.05) is 23.7 Å². The molecule has 2 aromatic heterocycles. The van der Waals surface area contributed by atoms with Gasteiger partial charge in [0.15, 0.2) is 0 Å². The molecule has 2 rings (SSSR count). The maximum absolute atomic E-state index is 5.67. The van der Waals surface area contributed by atoms with Crippen molar-refractivity contribution in [2.24, 2.45) is 5.84 Å². The van der Waals surface area contributed by atoms with Crippen LogP contribution in [0.3, 0.4) is 0 Å². The van der Waals surface area contributed by atoms with Crippen molar-refractivity contribution in [3.8, 4) is 0 Å². The average Bonchev–Trinajstić information content (AvgIpc) is 2.79. The molecule has 6 heteroatoms. The second-order valence-electron chi connectivity index (χ2n) is 4.21. The Balaban J connectivity index is 2.36. The van der Waals surface area contributed by atoms with E-state index in [-0.39, 0.29) is 6.04 Å². The highest BCUT2D eigenvalue weighted by molar-refractivity contribution is 5.26. The SMILES string of the molecule is CCCn1nncc1C(NN)c1ccnc(C)c1. The van der Waals surface area contributed by atoms with Crippen molar-refractivity contribution < 1.29 is 0 Å². The molecule has 0 aliphatic heterocycles. The van der Waals surface area contributed by atoms with E-state index in [1.165, 1.54) is 0 Å². The Kier molecular flexibility index (Phi) is 4.01. The first-order valence-corrected chi connectivity index (χ1v) is 6.03. The van der Waals surface area contributed by atoms with E-state index in [1.54, 1.807) is 12.4 Å². The van der Waals surface area contributed by atoms with Gasteiger partial charge < -0.3 is 0 Å². The van der Waals surface area contributed by atoms with Gasteiger partial charge in [0.2, 0.25) is 0 Å². The van der Waals surface area contributed by atoms with E-state index >= 15 is 0 Å². The third-order valence-electron chi connectivity index (χ3n) is 2.80. The zero-order valence-electron chi connectivity index (χ0n) is 10.7. The Bertz CT molecular complexity index is 507. The number of hydrogen-bond acceptors (Lipinski definition) is 5. The zero-order valence-corrected chi connectivity index (χ0v) is 10.7. The van der Waals surface area contributed by atoms with Gasteiger partial charge in [-0.3, -0.25) is 10.8 Å². The minimum absolute atomic E-state index is 0.117. The molecule has 0 saturated heterocycles. The summed E-state index contributed by atoms with van der Waals surface area (Å²) in [6.07, 6.45) is 4.53. The Hall–Kier alpha value is -1.79. The van der Waals surface area contributed by atoms with Crippen LogP contribution in [-0.4, -0.2) is 20.0 Å². The van der Waals surface area contributed by atoms with Gasteiger partial charge in [0.1, 0.15) is 0 Å². The number of nitrogens with two attached hydrogens (primary N) is 1. The minimum Gasteiger partial charge on any atom is -0.271 e. The lowest BCUT2D eigenvalue weighted by Crippen LogP contribution is -2.30. The molecule has 0 aliphatic carbocycles. The molecule has 3 N–H and O–H groups in total. The van der Waals surface area contributed by atoms with Crippen LogP contribution in [0.15, 0.2) is 24.5 Å². The van der Waals surface area contributed by atoms with Crippen LogP contribution < -0.4 is 11.3 Å². The van der Waals surface area contributed by atoms with Gasteiger partial charge in [-0.25, -0.2) is 10.1 Å². The average molecular weight is 246 g/mol. The van der Waals surface area contributed by atoms with Crippen LogP contribution in [0.1, 0.15) is 36.3 Å². The first-order chi connectivity index (χ1) is 8.76. The molecule has 1 unspecified atom stereocenters. The zero-order chi connectivity index (χ0) is 13.0. The van der Waals surface area contributed by atoms with Crippen molar-refractivity contribution in [1.82, 2.24) is 25.4 Å². The molecule has 96 valence electrons. The summed E-state index contributed by atoms with van der Waals surface area (Å²) < 4.78 is 1.88. The van der Waals surface area contributed by atoms with Crippen molar-refractivity contribution in [2.45, 2.75) is 32.9 Å². The van der Waals surface area contributed by atoms with Crippen LogP contribution in [0.2, 0.25) is 0 Å². The summed E-state index contributed by atoms with van der Waals surface area (Å²) in [7, 11) is 0. The molecular formula is C12H18N6. The van der Waals surface area contributed by atoms with Crippen molar-refractivity contribution in [1.29, 1.82) is 0 Å². The Morgan fingerprint density at radius 2 is 2.33 bits per heavy atom. The van der Waals surface area contributed by atoms with Crippen molar-refractivity contribution in [3.05, 3.63) is 41.5 Å². The van der Waals surface area contributed by atoms with Gasteiger partial charge in [0.25, 0.3) is 0 Å². The Morgan fingerprint density at radius 1 is 1.50 bits per heavy atom. The first kappa shape index (κ1) is 12.7. The monoisotopic (exact) mass is 246 g/mol. The number of rotatable bonds is 5. The van der Waals surface area contributed by atoms with E-state index in [0.717, 1.165) is 29.9 Å². The molecule has 6 nitrogen and oxygen atoms in total. The number of nitrogens with one attached hydrogen (secondary N) is 1. The molecular weight excluding hydrogens is 228 g/mol. The summed E-state index contributed by atoms with van der Waals surface area (Å²) in [5.41, 5.74) is 5.80. The maximum Gasteiger partial charge on any atom is 0.0895 e. The normalized spacial score (nSPS) is 12.6. The Morgan fingerprint density at radius 3 is 3.00 bits per heavy atom. The second kappa shape index (κ2) is 5.70. The molecule has 2 aromatic rings. The van der Waals surface area contributed by atoms with Gasteiger partial charge in [0, 0.05) is 18.4 Å². The fourth-order valence-corrected chi connectivity index (χ4v) is 1.97. The van der Waals surface area contributed by atoms with Gasteiger partial charge in [-0.2, -0.15) is 0 Å². The molecule has 0 radical (unpaired) electrons. The van der Waals surface area contributed by atoms with Crippen LogP contribution in [0, 0.1) is 6.92 Å². The first-order valence-electron chi connectivity index (χ1n) is 6.03. The molecule has 0 spiro atoms. The molecule has 1 atom stereocenters. The largest absolute Gasteiger partial charge is 0.271 e. The number of aromatic nitrogens is 4. The van der Waals surface area contributed by atoms with Crippen molar-refractivity contribution in [2.75, 3.05) is 0 Å². The topological polar surface area (TPSA) is 81.7 Å². The molecule has 18 heavy (non-hydrogen) atoms. The number of hydrogen-bond donors (Lipinski definition) is 2. The lowest BCUT2D eigenvalue weighted by molar-refractivity contribution is 0.511. The van der Waals surface area contributed by atoms with Crippen molar-refractivity contribution >= 4 is 0 Å². The van der Waals surface area contributed by atoms with Crippen LogP contribution >= 0.6 is 0 Å². The molecule has 0 aliphatic rings. The van der Waals surface area contributed by atoms with Crippen LogP contribution in [0.25, 0.3) is 0 Å². The number of nitrogens with zero attached hydrogens (tertiary/aromatic N) is 4. The second-order valence-corrected chi connectivity index (χ2v) is 4.21. The molecule has 0 bridgehead atoms. The Labute approximate surface area is 106 Å². The van der Waals surface area contributed by atoms with E-state index < -0.39 is 0 Å². The standard InChI is InChI=1S/C12H18N6/c1-3-6-18-11(8-15-17-18)12(16-13)10-4-5-14-9(2)7-10/h4-5,7-8,12,16H,3,6,13H2,1-2H3. The summed E-state index contributed by atoms with van der Waals surface area (Å²) in [6.45, 7) is 4.89. The van der Waals surface area contributed by atoms with E-state index in [0.29, 0.717) is 0 Å². The van der Waals surface area contributed by atoms with E-state index in [4.69, 9.17) is 5.84 Å². The highest BCUT2D eigenvalue weighted by atomic mass is 15.4. The van der Waals surface area contributed by atoms with Gasteiger partial charge in [0.05, 0.1) is 17.9 Å². The highest BCUT2D eigenvalue weighted by Gasteiger charge is 2.17. The third kappa shape index (κ3) is 2.55. The minimum atomic E-state index is -0.117. The number of hydrazine groups is 1. The molecule has 0 fully saturated rings. The summed E-state index contributed by atoms with van der Waals surface area (Å²) in [6, 6.07) is 3.84. The van der Waals surface area contributed by atoms with Gasteiger partial charge in [-0.05, 0) is 31.0 Å². The number of pyridine rings is 1. The van der Waals surface area contributed by atoms with Crippen molar-refractivity contribution in [3.63, 3.8) is 0 Å². The van der Waals surface area contributed by atoms with E-state index in [9.17, 15) is 0 Å². The van der Waals surface area contributed by atoms with Crippen LogP contribution in [0.4, 0.5) is 0 Å². The molecule has 0 aromatic carbocycles. The lowest BCUT2D eigenvalue weighted by Gasteiger charge is -2.17. The predicted octanol–water partition coefficient (Wildman–Crippen LogP) is 0.944.